The minimum Gasteiger partial charge on any atom is -0.400 e. The Morgan fingerprint density at radius 1 is 1.13 bits per heavy atom. The second-order valence-corrected chi connectivity index (χ2v) is 13.7. The zero-order valence-electron chi connectivity index (χ0n) is 15.4. The third kappa shape index (κ3) is 4.13. The molecule has 23 heavy (non-hydrogen) atoms. The van der Waals surface area contributed by atoms with Gasteiger partial charge in [-0.25, -0.2) is 0 Å². The summed E-state index contributed by atoms with van der Waals surface area (Å²) >= 11 is 4.50. The van der Waals surface area contributed by atoms with Gasteiger partial charge >= 0.3 is 7.12 Å². The van der Waals surface area contributed by atoms with E-state index in [1.54, 1.807) is 0 Å². The first kappa shape index (κ1) is 18.8. The summed E-state index contributed by atoms with van der Waals surface area (Å²) in [7, 11) is -1.64. The van der Waals surface area contributed by atoms with Gasteiger partial charge in [0, 0.05) is 5.75 Å². The van der Waals surface area contributed by atoms with Gasteiger partial charge in [0.05, 0.1) is 19.3 Å². The molecule has 126 valence electrons. The van der Waals surface area contributed by atoms with Gasteiger partial charge in [0.25, 0.3) is 0 Å². The van der Waals surface area contributed by atoms with E-state index in [0.717, 1.165) is 5.47 Å². The molecule has 1 aliphatic rings. The minimum absolute atomic E-state index is 0.320. The fraction of sp³-hybridized carbons (Fsp3) is 0.556. The van der Waals surface area contributed by atoms with Crippen molar-refractivity contribution in [3.63, 3.8) is 0 Å². The lowest BCUT2D eigenvalue weighted by Gasteiger charge is -2.32. The van der Waals surface area contributed by atoms with E-state index in [9.17, 15) is 0 Å². The molecule has 0 aromatic heterocycles. The van der Waals surface area contributed by atoms with Crippen molar-refractivity contribution >= 4 is 39.1 Å². The van der Waals surface area contributed by atoms with Crippen molar-refractivity contribution < 1.29 is 9.31 Å². The zero-order chi connectivity index (χ0) is 17.5. The molecule has 2 rings (SSSR count). The summed E-state index contributed by atoms with van der Waals surface area (Å²) in [6.45, 7) is 15.4. The molecular weight excluding hydrogens is 319 g/mol. The molecule has 2 nitrogen and oxygen atoms in total. The maximum Gasteiger partial charge on any atom is 0.491 e. The molecule has 1 aliphatic heterocycles. The summed E-state index contributed by atoms with van der Waals surface area (Å²) < 4.78 is 12.3. The summed E-state index contributed by atoms with van der Waals surface area (Å²) in [5.41, 5.74) is 1.63. The highest BCUT2D eigenvalue weighted by atomic mass is 32.1. The first-order chi connectivity index (χ1) is 10.5. The minimum atomic E-state index is -1.31. The second-order valence-electron chi connectivity index (χ2n) is 8.34. The van der Waals surface area contributed by atoms with E-state index in [2.05, 4.69) is 90.3 Å². The summed E-state index contributed by atoms with van der Waals surface area (Å²) in [6, 6.07) is 8.80. The molecule has 0 unspecified atom stereocenters. The molecule has 1 heterocycles. The smallest absolute Gasteiger partial charge is 0.400 e. The van der Waals surface area contributed by atoms with Crippen LogP contribution < -0.4 is 5.19 Å². The van der Waals surface area contributed by atoms with Gasteiger partial charge in [0.15, 0.2) is 0 Å². The summed E-state index contributed by atoms with van der Waals surface area (Å²) in [4.78, 5) is 0. The van der Waals surface area contributed by atoms with Crippen LogP contribution in [0.2, 0.25) is 19.6 Å². The topological polar surface area (TPSA) is 18.5 Å². The Labute approximate surface area is 148 Å². The Morgan fingerprint density at radius 3 is 2.17 bits per heavy atom. The number of benzene rings is 1. The quantitative estimate of drug-likeness (QED) is 0.650. The normalized spacial score (nSPS) is 20.9. The van der Waals surface area contributed by atoms with E-state index in [-0.39, 0.29) is 18.3 Å². The van der Waals surface area contributed by atoms with Gasteiger partial charge in [-0.15, -0.1) is 0 Å². The van der Waals surface area contributed by atoms with Crippen LogP contribution >= 0.6 is 12.6 Å². The predicted octanol–water partition coefficient (Wildman–Crippen LogP) is 4.18. The standard InChI is InChI=1S/C18H29BO2SSi/c1-17(2)18(3,4)21-19(20-17)15(13-22)11-14-9-8-10-16(12-14)23(5,6)7/h8-12,22H,13H2,1-7H3. The molecule has 0 N–H and O–H groups in total. The van der Waals surface area contributed by atoms with Crippen molar-refractivity contribution in [1.29, 1.82) is 0 Å². The average Bonchev–Trinajstić information content (AvgIpc) is 2.64. The lowest BCUT2D eigenvalue weighted by Crippen LogP contribution is -2.41. The van der Waals surface area contributed by atoms with Crippen LogP contribution in [0.3, 0.4) is 0 Å². The molecule has 0 aliphatic carbocycles. The highest BCUT2D eigenvalue weighted by Crippen LogP contribution is 2.38. The van der Waals surface area contributed by atoms with E-state index in [4.69, 9.17) is 9.31 Å². The van der Waals surface area contributed by atoms with Gasteiger partial charge in [-0.05, 0) is 38.7 Å². The van der Waals surface area contributed by atoms with E-state index in [0.29, 0.717) is 5.75 Å². The Hall–Kier alpha value is -0.488. The highest BCUT2D eigenvalue weighted by molar-refractivity contribution is 7.80. The number of hydrogen-bond acceptors (Lipinski definition) is 3. The molecule has 0 radical (unpaired) electrons. The molecule has 5 heteroatoms. The zero-order valence-corrected chi connectivity index (χ0v) is 17.3. The fourth-order valence-corrected chi connectivity index (χ4v) is 3.93. The van der Waals surface area contributed by atoms with Gasteiger partial charge < -0.3 is 9.31 Å². The molecule has 1 aromatic rings. The molecule has 0 saturated carbocycles. The van der Waals surface area contributed by atoms with Crippen molar-refractivity contribution in [2.45, 2.75) is 58.5 Å². The number of hydrogen-bond donors (Lipinski definition) is 1. The Kier molecular flexibility index (Phi) is 5.27. The van der Waals surface area contributed by atoms with E-state index in [1.165, 1.54) is 10.8 Å². The molecule has 1 saturated heterocycles. The van der Waals surface area contributed by atoms with E-state index in [1.807, 2.05) is 0 Å². The van der Waals surface area contributed by atoms with Crippen LogP contribution in [0.4, 0.5) is 0 Å². The summed E-state index contributed by atoms with van der Waals surface area (Å²) in [6.07, 6.45) is 2.17. The molecule has 0 amide bonds. The van der Waals surface area contributed by atoms with Crippen molar-refractivity contribution in [2.24, 2.45) is 0 Å². The maximum absolute atomic E-state index is 6.16. The van der Waals surface area contributed by atoms with Crippen LogP contribution in [-0.4, -0.2) is 32.1 Å². The Morgan fingerprint density at radius 2 is 1.70 bits per heavy atom. The van der Waals surface area contributed by atoms with Crippen LogP contribution in [0.5, 0.6) is 0 Å². The van der Waals surface area contributed by atoms with Crippen LogP contribution in [0.15, 0.2) is 29.7 Å². The largest absolute Gasteiger partial charge is 0.491 e. The first-order valence-corrected chi connectivity index (χ1v) is 12.4. The monoisotopic (exact) mass is 348 g/mol. The van der Waals surface area contributed by atoms with Crippen molar-refractivity contribution in [3.8, 4) is 0 Å². The van der Waals surface area contributed by atoms with Gasteiger partial charge in [-0.1, -0.05) is 55.2 Å². The fourth-order valence-electron chi connectivity index (χ4n) is 2.49. The number of rotatable bonds is 4. The van der Waals surface area contributed by atoms with E-state index >= 15 is 0 Å². The van der Waals surface area contributed by atoms with Crippen LogP contribution in [0, 0.1) is 0 Å². The van der Waals surface area contributed by atoms with Gasteiger partial charge in [-0.2, -0.15) is 12.6 Å². The highest BCUT2D eigenvalue weighted by Gasteiger charge is 2.52. The van der Waals surface area contributed by atoms with Crippen LogP contribution in [0.25, 0.3) is 6.08 Å². The molecule has 0 bridgehead atoms. The van der Waals surface area contributed by atoms with Gasteiger partial charge in [0.1, 0.15) is 0 Å². The van der Waals surface area contributed by atoms with Crippen molar-refractivity contribution in [1.82, 2.24) is 0 Å². The lowest BCUT2D eigenvalue weighted by molar-refractivity contribution is 0.00578. The van der Waals surface area contributed by atoms with Crippen LogP contribution in [-0.2, 0) is 9.31 Å². The second kappa shape index (κ2) is 6.43. The molecule has 1 fully saturated rings. The lowest BCUT2D eigenvalue weighted by atomic mass is 9.78. The van der Waals surface area contributed by atoms with Crippen LogP contribution in [0.1, 0.15) is 33.3 Å². The Bertz CT molecular complexity index is 589. The van der Waals surface area contributed by atoms with Crippen molar-refractivity contribution in [3.05, 3.63) is 35.3 Å². The first-order valence-electron chi connectivity index (χ1n) is 8.24. The molecule has 0 atom stereocenters. The van der Waals surface area contributed by atoms with Crippen molar-refractivity contribution in [2.75, 3.05) is 5.75 Å². The molecule has 1 aromatic carbocycles. The van der Waals surface area contributed by atoms with E-state index < -0.39 is 8.07 Å². The SMILES string of the molecule is CC1(C)OB(C(=Cc2cccc([Si](C)(C)C)c2)CS)OC1(C)C. The Balaban J connectivity index is 2.31. The predicted molar refractivity (Wildman–Crippen MR) is 107 cm³/mol. The summed E-state index contributed by atoms with van der Waals surface area (Å²) in [5.74, 6) is 0.619. The molecule has 0 spiro atoms. The summed E-state index contributed by atoms with van der Waals surface area (Å²) in [5, 5.41) is 1.46. The average molecular weight is 348 g/mol. The number of thiol groups is 1. The maximum atomic E-state index is 6.16. The molecular formula is C18H29BO2SSi. The third-order valence-corrected chi connectivity index (χ3v) is 7.25. The van der Waals surface area contributed by atoms with Gasteiger partial charge in [0.2, 0.25) is 0 Å². The van der Waals surface area contributed by atoms with Gasteiger partial charge in [-0.3, -0.25) is 0 Å². The third-order valence-electron chi connectivity index (χ3n) is 4.84.